The van der Waals surface area contributed by atoms with Crippen molar-refractivity contribution in [3.63, 3.8) is 0 Å². The fraction of sp³-hybridized carbons (Fsp3) is 0.435. The summed E-state index contributed by atoms with van der Waals surface area (Å²) in [4.78, 5) is 15.1. The molecule has 0 aromatic heterocycles. The Morgan fingerprint density at radius 2 is 1.58 bits per heavy atom. The molecule has 0 aliphatic carbocycles. The first-order chi connectivity index (χ1) is 12.8. The summed E-state index contributed by atoms with van der Waals surface area (Å²) in [6.45, 7) is 3.06. The highest BCUT2D eigenvalue weighted by molar-refractivity contribution is 5.78. The molecule has 2 aliphatic heterocycles. The predicted octanol–water partition coefficient (Wildman–Crippen LogP) is 3.96. The number of likely N-dealkylation sites (tertiary alicyclic amines) is 1. The van der Waals surface area contributed by atoms with E-state index in [0.29, 0.717) is 17.7 Å². The Morgan fingerprint density at radius 3 is 2.27 bits per heavy atom. The molecule has 26 heavy (non-hydrogen) atoms. The van der Waals surface area contributed by atoms with Gasteiger partial charge in [-0.15, -0.1) is 0 Å². The van der Waals surface area contributed by atoms with Gasteiger partial charge in [-0.3, -0.25) is 4.79 Å². The quantitative estimate of drug-likeness (QED) is 0.907. The second-order valence-corrected chi connectivity index (χ2v) is 7.89. The van der Waals surface area contributed by atoms with Crippen LogP contribution in [0.2, 0.25) is 0 Å². The summed E-state index contributed by atoms with van der Waals surface area (Å²) >= 11 is 0. The first-order valence-electron chi connectivity index (χ1n) is 9.85. The second kappa shape index (κ2) is 7.63. The van der Waals surface area contributed by atoms with E-state index in [1.165, 1.54) is 24.0 Å². The van der Waals surface area contributed by atoms with Crippen molar-refractivity contribution in [3.05, 3.63) is 71.8 Å². The third kappa shape index (κ3) is 3.68. The van der Waals surface area contributed by atoms with Gasteiger partial charge in [-0.1, -0.05) is 60.7 Å². The minimum Gasteiger partial charge on any atom is -0.335 e. The van der Waals surface area contributed by atoms with Crippen LogP contribution in [0, 0.1) is 5.41 Å². The lowest BCUT2D eigenvalue weighted by molar-refractivity contribution is -0.141. The van der Waals surface area contributed by atoms with Crippen molar-refractivity contribution in [2.24, 2.45) is 5.41 Å². The van der Waals surface area contributed by atoms with Crippen molar-refractivity contribution in [3.8, 4) is 0 Å². The molecule has 0 radical (unpaired) electrons. The van der Waals surface area contributed by atoms with Gasteiger partial charge in [0.2, 0.25) is 5.91 Å². The summed E-state index contributed by atoms with van der Waals surface area (Å²) in [5.74, 6) is 0.318. The van der Waals surface area contributed by atoms with Crippen LogP contribution < -0.4 is 5.32 Å². The molecule has 2 heterocycles. The standard InChI is InChI=1S/C23H28N2O/c26-22-11-12-23(13-15-24-16-14-23)18-25(22)21(20-9-5-2-6-10-20)17-19-7-3-1-4-8-19/h1-10,21,24H,11-18H2/t21-/m1/s1. The number of carbonyl (C=O) groups is 1. The van der Waals surface area contributed by atoms with Crippen molar-refractivity contribution >= 4 is 5.91 Å². The van der Waals surface area contributed by atoms with Crippen molar-refractivity contribution in [1.82, 2.24) is 10.2 Å². The average Bonchev–Trinajstić information content (AvgIpc) is 2.71. The van der Waals surface area contributed by atoms with Gasteiger partial charge in [-0.25, -0.2) is 0 Å². The van der Waals surface area contributed by atoms with Crippen molar-refractivity contribution in [2.45, 2.75) is 38.1 Å². The molecule has 0 saturated carbocycles. The molecule has 1 amide bonds. The van der Waals surface area contributed by atoms with Crippen LogP contribution in [0.4, 0.5) is 0 Å². The van der Waals surface area contributed by atoms with E-state index in [4.69, 9.17) is 0 Å². The Labute approximate surface area is 156 Å². The highest BCUT2D eigenvalue weighted by atomic mass is 16.2. The van der Waals surface area contributed by atoms with E-state index in [1.807, 2.05) is 0 Å². The number of nitrogens with one attached hydrogen (secondary N) is 1. The second-order valence-electron chi connectivity index (χ2n) is 7.89. The van der Waals surface area contributed by atoms with E-state index in [-0.39, 0.29) is 6.04 Å². The van der Waals surface area contributed by atoms with Gasteiger partial charge in [0, 0.05) is 13.0 Å². The van der Waals surface area contributed by atoms with Gasteiger partial charge < -0.3 is 10.2 Å². The lowest BCUT2D eigenvalue weighted by atomic mass is 9.72. The molecule has 0 unspecified atom stereocenters. The molecule has 0 bridgehead atoms. The van der Waals surface area contributed by atoms with Crippen LogP contribution in [0.5, 0.6) is 0 Å². The number of rotatable bonds is 4. The molecule has 2 aromatic rings. The number of piperidine rings is 2. The van der Waals surface area contributed by atoms with Crippen LogP contribution in [-0.2, 0) is 11.2 Å². The molecule has 2 saturated heterocycles. The molecule has 2 aliphatic rings. The van der Waals surface area contributed by atoms with E-state index in [9.17, 15) is 4.79 Å². The third-order valence-corrected chi connectivity index (χ3v) is 6.19. The zero-order valence-corrected chi connectivity index (χ0v) is 15.4. The molecule has 2 aromatic carbocycles. The lowest BCUT2D eigenvalue weighted by Gasteiger charge is -2.48. The summed E-state index contributed by atoms with van der Waals surface area (Å²) in [5, 5.41) is 3.48. The zero-order valence-electron chi connectivity index (χ0n) is 15.4. The fourth-order valence-corrected chi connectivity index (χ4v) is 4.61. The largest absolute Gasteiger partial charge is 0.335 e. The number of hydrogen-bond acceptors (Lipinski definition) is 2. The number of carbonyl (C=O) groups excluding carboxylic acids is 1. The Balaban J connectivity index is 1.64. The number of nitrogens with zero attached hydrogens (tertiary/aromatic N) is 1. The van der Waals surface area contributed by atoms with E-state index in [0.717, 1.165) is 32.5 Å². The predicted molar refractivity (Wildman–Crippen MR) is 105 cm³/mol. The minimum absolute atomic E-state index is 0.123. The minimum atomic E-state index is 0.123. The van der Waals surface area contributed by atoms with Crippen LogP contribution in [0.15, 0.2) is 60.7 Å². The Morgan fingerprint density at radius 1 is 0.923 bits per heavy atom. The smallest absolute Gasteiger partial charge is 0.223 e. The topological polar surface area (TPSA) is 32.3 Å². The Kier molecular flexibility index (Phi) is 5.07. The summed E-state index contributed by atoms with van der Waals surface area (Å²) in [7, 11) is 0. The van der Waals surface area contributed by atoms with Gasteiger partial charge >= 0.3 is 0 Å². The van der Waals surface area contributed by atoms with Gasteiger partial charge in [0.1, 0.15) is 0 Å². The molecule has 1 N–H and O–H groups in total. The first-order valence-corrected chi connectivity index (χ1v) is 9.85. The molecule has 3 nitrogen and oxygen atoms in total. The SMILES string of the molecule is O=C1CCC2(CCNCC2)CN1[C@H](Cc1ccccc1)c1ccccc1. The maximum absolute atomic E-state index is 12.9. The number of hydrogen-bond donors (Lipinski definition) is 1. The molecule has 3 heteroatoms. The fourth-order valence-electron chi connectivity index (χ4n) is 4.61. The average molecular weight is 348 g/mol. The van der Waals surface area contributed by atoms with Gasteiger partial charge in [-0.2, -0.15) is 0 Å². The van der Waals surface area contributed by atoms with Crippen LogP contribution in [0.3, 0.4) is 0 Å². The van der Waals surface area contributed by atoms with Crippen molar-refractivity contribution in [2.75, 3.05) is 19.6 Å². The summed E-state index contributed by atoms with van der Waals surface area (Å²) in [5.41, 5.74) is 2.85. The van der Waals surface area contributed by atoms with Gasteiger partial charge in [0.05, 0.1) is 6.04 Å². The van der Waals surface area contributed by atoms with Crippen LogP contribution >= 0.6 is 0 Å². The third-order valence-electron chi connectivity index (χ3n) is 6.19. The zero-order chi connectivity index (χ0) is 17.8. The van der Waals surface area contributed by atoms with E-state index in [1.54, 1.807) is 0 Å². The van der Waals surface area contributed by atoms with Crippen molar-refractivity contribution in [1.29, 1.82) is 0 Å². The maximum atomic E-state index is 12.9. The summed E-state index contributed by atoms with van der Waals surface area (Å²) < 4.78 is 0. The molecular formula is C23H28N2O. The molecule has 4 rings (SSSR count). The van der Waals surface area contributed by atoms with Crippen LogP contribution in [0.25, 0.3) is 0 Å². The summed E-state index contributed by atoms with van der Waals surface area (Å²) in [6, 6.07) is 21.3. The lowest BCUT2D eigenvalue weighted by Crippen LogP contribution is -2.52. The normalized spacial score (nSPS) is 20.9. The molecule has 136 valence electrons. The Bertz CT molecular complexity index is 722. The monoisotopic (exact) mass is 348 g/mol. The first kappa shape index (κ1) is 17.3. The molecular weight excluding hydrogens is 320 g/mol. The van der Waals surface area contributed by atoms with Gasteiger partial charge in [-0.05, 0) is 55.3 Å². The van der Waals surface area contributed by atoms with E-state index >= 15 is 0 Å². The number of benzene rings is 2. The van der Waals surface area contributed by atoms with Crippen molar-refractivity contribution < 1.29 is 4.79 Å². The molecule has 1 atom stereocenters. The summed E-state index contributed by atoms with van der Waals surface area (Å²) in [6.07, 6.45) is 4.99. The van der Waals surface area contributed by atoms with E-state index < -0.39 is 0 Å². The van der Waals surface area contributed by atoms with E-state index in [2.05, 4.69) is 70.9 Å². The maximum Gasteiger partial charge on any atom is 0.223 e. The van der Waals surface area contributed by atoms with Gasteiger partial charge in [0.25, 0.3) is 0 Å². The highest BCUT2D eigenvalue weighted by Crippen LogP contribution is 2.41. The number of amides is 1. The Hall–Kier alpha value is -2.13. The van der Waals surface area contributed by atoms with Crippen LogP contribution in [0.1, 0.15) is 42.9 Å². The van der Waals surface area contributed by atoms with Gasteiger partial charge in [0.15, 0.2) is 0 Å². The molecule has 1 spiro atoms. The highest BCUT2D eigenvalue weighted by Gasteiger charge is 2.41. The van der Waals surface area contributed by atoms with Crippen LogP contribution in [-0.4, -0.2) is 30.4 Å². The molecule has 2 fully saturated rings.